The summed E-state index contributed by atoms with van der Waals surface area (Å²) in [4.78, 5) is 9.92. The van der Waals surface area contributed by atoms with Crippen molar-refractivity contribution in [2.24, 2.45) is 0 Å². The molecule has 0 aromatic rings. The van der Waals surface area contributed by atoms with Gasteiger partial charge in [0.15, 0.2) is 13.4 Å². The van der Waals surface area contributed by atoms with Crippen LogP contribution in [0.15, 0.2) is 24.8 Å². The third kappa shape index (κ3) is 4.51. The molecule has 2 aliphatic rings. The second-order valence-electron chi connectivity index (χ2n) is 7.74. The normalized spacial score (nSPS) is 22.5. The van der Waals surface area contributed by atoms with Gasteiger partial charge in [0.2, 0.25) is 0 Å². The second kappa shape index (κ2) is 9.49. The summed E-state index contributed by atoms with van der Waals surface area (Å²) in [5.74, 6) is 0. The average molecular weight is 344 g/mol. The zero-order chi connectivity index (χ0) is 18.4. The van der Waals surface area contributed by atoms with E-state index in [1.807, 2.05) is 0 Å². The molecule has 0 radical (unpaired) electrons. The zero-order valence-corrected chi connectivity index (χ0v) is 17.4. The van der Waals surface area contributed by atoms with E-state index in [2.05, 4.69) is 86.2 Å². The molecule has 0 bridgehead atoms. The van der Waals surface area contributed by atoms with Gasteiger partial charge in [-0.05, 0) is 6.42 Å². The Bertz CT molecular complexity index is 409. The Labute approximate surface area is 157 Å². The highest BCUT2D eigenvalue weighted by Crippen LogP contribution is 2.23. The first-order valence-corrected chi connectivity index (χ1v) is 10.4. The number of nitrogens with zero attached hydrogens (tertiary/aromatic N) is 4. The van der Waals surface area contributed by atoms with Crippen LogP contribution in [0, 0.1) is 0 Å². The van der Waals surface area contributed by atoms with Gasteiger partial charge in [-0.2, -0.15) is 0 Å². The lowest BCUT2D eigenvalue weighted by Crippen LogP contribution is -2.50. The van der Waals surface area contributed by atoms with Crippen molar-refractivity contribution in [2.75, 3.05) is 27.2 Å². The quantitative estimate of drug-likeness (QED) is 0.561. The Hall–Kier alpha value is -1.19. The zero-order valence-electron chi connectivity index (χ0n) is 17.4. The van der Waals surface area contributed by atoms with Crippen molar-refractivity contribution in [1.82, 2.24) is 19.6 Å². The van der Waals surface area contributed by atoms with Gasteiger partial charge in [-0.3, -0.25) is 0 Å². The first-order chi connectivity index (χ1) is 12.1. The third-order valence-corrected chi connectivity index (χ3v) is 6.27. The lowest BCUT2D eigenvalue weighted by atomic mass is 9.42. The molecule has 25 heavy (non-hydrogen) atoms. The minimum absolute atomic E-state index is 0.543. The van der Waals surface area contributed by atoms with Crippen molar-refractivity contribution < 1.29 is 0 Å². The number of hydrogen-bond acceptors (Lipinski definition) is 4. The highest BCUT2D eigenvalue weighted by molar-refractivity contribution is 6.60. The van der Waals surface area contributed by atoms with E-state index in [9.17, 15) is 0 Å². The van der Waals surface area contributed by atoms with Gasteiger partial charge in [-0.15, -0.1) is 0 Å². The summed E-state index contributed by atoms with van der Waals surface area (Å²) in [6, 6.07) is 1.09. The molecule has 2 aliphatic heterocycles. The van der Waals surface area contributed by atoms with Crippen LogP contribution in [0.1, 0.15) is 34.1 Å². The van der Waals surface area contributed by atoms with Crippen molar-refractivity contribution >= 4 is 13.4 Å². The van der Waals surface area contributed by atoms with Crippen LogP contribution in [0.25, 0.3) is 0 Å². The van der Waals surface area contributed by atoms with E-state index in [1.54, 1.807) is 0 Å². The fourth-order valence-corrected chi connectivity index (χ4v) is 4.68. The number of rotatable bonds is 10. The molecule has 2 unspecified atom stereocenters. The molecule has 0 aromatic carbocycles. The molecule has 6 heteroatoms. The summed E-state index contributed by atoms with van der Waals surface area (Å²) in [6.45, 7) is 13.1. The summed E-state index contributed by atoms with van der Waals surface area (Å²) in [5, 5.41) is 0. The number of hydrogen-bond donors (Lipinski definition) is 0. The van der Waals surface area contributed by atoms with Crippen LogP contribution >= 0.6 is 0 Å². The molecule has 0 saturated carbocycles. The first kappa shape index (κ1) is 20.1. The molecule has 0 fully saturated rings. The molecule has 4 nitrogen and oxygen atoms in total. The van der Waals surface area contributed by atoms with Crippen molar-refractivity contribution in [2.45, 2.75) is 71.5 Å². The molecular weight excluding hydrogens is 306 g/mol. The highest BCUT2D eigenvalue weighted by Gasteiger charge is 2.34. The third-order valence-electron chi connectivity index (χ3n) is 6.27. The largest absolute Gasteiger partial charge is 0.366 e. The van der Waals surface area contributed by atoms with E-state index in [1.165, 1.54) is 31.7 Å². The predicted molar refractivity (Wildman–Crippen MR) is 113 cm³/mol. The highest BCUT2D eigenvalue weighted by atomic mass is 15.4. The SMILES string of the molecule is CCB(CC)C1N(C)C=CN1CCCN1C=CN(C)C1B(CC)CC. The van der Waals surface area contributed by atoms with Gasteiger partial charge in [-0.1, -0.05) is 53.0 Å². The monoisotopic (exact) mass is 344 g/mol. The molecule has 0 aromatic heterocycles. The summed E-state index contributed by atoms with van der Waals surface area (Å²) >= 11 is 0. The molecular formula is C19H38B2N4. The van der Waals surface area contributed by atoms with Gasteiger partial charge in [0.05, 0.1) is 12.1 Å². The lowest BCUT2D eigenvalue weighted by molar-refractivity contribution is 0.212. The molecule has 2 heterocycles. The summed E-state index contributed by atoms with van der Waals surface area (Å²) in [7, 11) is 4.45. The average Bonchev–Trinajstić information content (AvgIpc) is 3.15. The van der Waals surface area contributed by atoms with Crippen LogP contribution in [0.3, 0.4) is 0 Å². The second-order valence-corrected chi connectivity index (χ2v) is 7.74. The lowest BCUT2D eigenvalue weighted by Gasteiger charge is -2.37. The molecule has 0 spiro atoms. The van der Waals surface area contributed by atoms with E-state index in [4.69, 9.17) is 0 Å². The smallest absolute Gasteiger partial charge is 0.193 e. The summed E-state index contributed by atoms with van der Waals surface area (Å²) < 4.78 is 0. The van der Waals surface area contributed by atoms with Gasteiger partial charge < -0.3 is 19.6 Å². The summed E-state index contributed by atoms with van der Waals surface area (Å²) in [5.41, 5.74) is 0. The Morgan fingerprint density at radius 2 is 1.00 bits per heavy atom. The molecule has 0 aliphatic carbocycles. The van der Waals surface area contributed by atoms with Crippen LogP contribution < -0.4 is 0 Å². The topological polar surface area (TPSA) is 13.0 Å². The standard InChI is InChI=1S/C19H38B2N4/c1-7-20(8-2)18-22(5)14-16-24(18)12-11-13-25-17-15-23(6)19(25)21(9-3)10-4/h14-19H,7-13H2,1-6H3. The first-order valence-electron chi connectivity index (χ1n) is 10.4. The maximum absolute atomic E-state index is 2.56. The van der Waals surface area contributed by atoms with E-state index in [0.717, 1.165) is 26.5 Å². The Morgan fingerprint density at radius 3 is 1.32 bits per heavy atom. The van der Waals surface area contributed by atoms with Gasteiger partial charge in [0.1, 0.15) is 0 Å². The maximum Gasteiger partial charge on any atom is 0.193 e. The Morgan fingerprint density at radius 1 is 0.640 bits per heavy atom. The van der Waals surface area contributed by atoms with Crippen molar-refractivity contribution in [3.05, 3.63) is 24.8 Å². The molecule has 2 rings (SSSR count). The fourth-order valence-electron chi connectivity index (χ4n) is 4.68. The molecule has 0 N–H and O–H groups in total. The molecule has 0 amide bonds. The molecule has 2 atom stereocenters. The van der Waals surface area contributed by atoms with E-state index < -0.39 is 0 Å². The van der Waals surface area contributed by atoms with Crippen molar-refractivity contribution in [3.8, 4) is 0 Å². The predicted octanol–water partition coefficient (Wildman–Crippen LogP) is 3.61. The van der Waals surface area contributed by atoms with Crippen molar-refractivity contribution in [1.29, 1.82) is 0 Å². The van der Waals surface area contributed by atoms with Crippen molar-refractivity contribution in [3.63, 3.8) is 0 Å². The van der Waals surface area contributed by atoms with Crippen LogP contribution in [0.4, 0.5) is 0 Å². The minimum Gasteiger partial charge on any atom is -0.366 e. The van der Waals surface area contributed by atoms with Crippen LogP contribution in [0.5, 0.6) is 0 Å². The van der Waals surface area contributed by atoms with E-state index >= 15 is 0 Å². The fraction of sp³-hybridized carbons (Fsp3) is 0.789. The Kier molecular flexibility index (Phi) is 7.64. The van der Waals surface area contributed by atoms with Crippen LogP contribution in [-0.2, 0) is 0 Å². The van der Waals surface area contributed by atoms with E-state index in [-0.39, 0.29) is 0 Å². The maximum atomic E-state index is 2.56. The van der Waals surface area contributed by atoms with Crippen LogP contribution in [0.2, 0.25) is 25.3 Å². The van der Waals surface area contributed by atoms with Gasteiger partial charge in [-0.25, -0.2) is 0 Å². The molecule has 0 saturated heterocycles. The van der Waals surface area contributed by atoms with E-state index in [0.29, 0.717) is 12.1 Å². The molecule has 140 valence electrons. The van der Waals surface area contributed by atoms with Gasteiger partial charge >= 0.3 is 0 Å². The Balaban J connectivity index is 1.89. The van der Waals surface area contributed by atoms with Crippen LogP contribution in [-0.4, -0.2) is 72.3 Å². The van der Waals surface area contributed by atoms with Gasteiger partial charge in [0, 0.05) is 52.0 Å². The minimum atomic E-state index is 0.543. The summed E-state index contributed by atoms with van der Waals surface area (Å²) in [6.07, 6.45) is 15.3. The van der Waals surface area contributed by atoms with Gasteiger partial charge in [0.25, 0.3) is 0 Å².